The monoisotopic (exact) mass is 218 g/mol. The van der Waals surface area contributed by atoms with Crippen molar-refractivity contribution in [3.63, 3.8) is 0 Å². The van der Waals surface area contributed by atoms with E-state index in [1.807, 2.05) is 0 Å². The molecule has 0 radical (unpaired) electrons. The first-order chi connectivity index (χ1) is 6.89. The summed E-state index contributed by atoms with van der Waals surface area (Å²) in [6.07, 6.45) is 1.37. The molecular formula is C10H12F2O3. The summed E-state index contributed by atoms with van der Waals surface area (Å²) >= 11 is 0. The number of rotatable bonds is 2. The Kier molecular flexibility index (Phi) is 2.28. The van der Waals surface area contributed by atoms with Crippen LogP contribution >= 0.6 is 0 Å². The van der Waals surface area contributed by atoms with E-state index >= 15 is 0 Å². The summed E-state index contributed by atoms with van der Waals surface area (Å²) in [5.74, 6) is -5.38. The molecule has 2 saturated carbocycles. The fraction of sp³-hybridized carbons (Fsp3) is 0.800. The highest BCUT2D eigenvalue weighted by molar-refractivity contribution is 5.91. The first kappa shape index (κ1) is 10.5. The Hall–Kier alpha value is -1.00. The van der Waals surface area contributed by atoms with Gasteiger partial charge in [-0.05, 0) is 19.3 Å². The summed E-state index contributed by atoms with van der Waals surface area (Å²) in [7, 11) is 0. The van der Waals surface area contributed by atoms with Gasteiger partial charge in [0.15, 0.2) is 11.9 Å². The van der Waals surface area contributed by atoms with Gasteiger partial charge in [0.25, 0.3) is 0 Å². The first-order valence-electron chi connectivity index (χ1n) is 5.02. The molecule has 0 aromatic carbocycles. The Labute approximate surface area is 85.8 Å². The third-order valence-corrected chi connectivity index (χ3v) is 3.18. The Balaban J connectivity index is 2.02. The van der Waals surface area contributed by atoms with Crippen molar-refractivity contribution in [3.8, 4) is 0 Å². The number of carbonyl (C=O) groups excluding carboxylic acids is 2. The zero-order chi connectivity index (χ0) is 11.2. The lowest BCUT2D eigenvalue weighted by Gasteiger charge is -2.22. The molecule has 3 atom stereocenters. The van der Waals surface area contributed by atoms with Crippen LogP contribution in [0.5, 0.6) is 0 Å². The molecule has 3 nitrogen and oxygen atoms in total. The second-order valence-corrected chi connectivity index (χ2v) is 4.39. The number of carbonyl (C=O) groups is 2. The number of ketones is 1. The van der Waals surface area contributed by atoms with E-state index in [0.717, 1.165) is 12.8 Å². The smallest absolute Gasteiger partial charge is 0.377 e. The molecule has 2 fully saturated rings. The second kappa shape index (κ2) is 3.25. The Morgan fingerprint density at radius 1 is 1.47 bits per heavy atom. The molecular weight excluding hydrogens is 206 g/mol. The largest absolute Gasteiger partial charge is 0.450 e. The van der Waals surface area contributed by atoms with E-state index in [1.54, 1.807) is 0 Å². The van der Waals surface area contributed by atoms with Gasteiger partial charge in [0.2, 0.25) is 0 Å². The van der Waals surface area contributed by atoms with Gasteiger partial charge < -0.3 is 4.74 Å². The third kappa shape index (κ3) is 1.75. The van der Waals surface area contributed by atoms with Crippen LogP contribution < -0.4 is 0 Å². The summed E-state index contributed by atoms with van der Waals surface area (Å²) in [5.41, 5.74) is 0. The van der Waals surface area contributed by atoms with Crippen LogP contribution in [-0.4, -0.2) is 23.8 Å². The van der Waals surface area contributed by atoms with Crippen LogP contribution in [-0.2, 0) is 14.3 Å². The van der Waals surface area contributed by atoms with Crippen LogP contribution in [0.15, 0.2) is 0 Å². The molecule has 84 valence electrons. The van der Waals surface area contributed by atoms with E-state index in [-0.39, 0.29) is 17.6 Å². The van der Waals surface area contributed by atoms with E-state index in [9.17, 15) is 18.4 Å². The normalized spacial score (nSPS) is 34.6. The summed E-state index contributed by atoms with van der Waals surface area (Å²) in [6.45, 7) is 0.479. The quantitative estimate of drug-likeness (QED) is 0.660. The minimum absolute atomic E-state index is 0.0335. The number of hydrogen-bond acceptors (Lipinski definition) is 3. The summed E-state index contributed by atoms with van der Waals surface area (Å²) in [5, 5.41) is 0. The summed E-state index contributed by atoms with van der Waals surface area (Å²) < 4.78 is 29.7. The van der Waals surface area contributed by atoms with Gasteiger partial charge in [-0.25, -0.2) is 4.79 Å². The van der Waals surface area contributed by atoms with Gasteiger partial charge in [-0.1, -0.05) is 0 Å². The number of halogens is 2. The van der Waals surface area contributed by atoms with Gasteiger partial charge in [-0.3, -0.25) is 4.79 Å². The lowest BCUT2D eigenvalue weighted by Crippen LogP contribution is -2.38. The van der Waals surface area contributed by atoms with Crippen LogP contribution in [0.25, 0.3) is 0 Å². The maximum absolute atomic E-state index is 12.6. The van der Waals surface area contributed by atoms with Crippen molar-refractivity contribution >= 4 is 11.8 Å². The molecule has 0 heterocycles. The van der Waals surface area contributed by atoms with Crippen molar-refractivity contribution in [1.29, 1.82) is 0 Å². The highest BCUT2D eigenvalue weighted by Crippen LogP contribution is 2.43. The fourth-order valence-corrected chi connectivity index (χ4v) is 2.39. The van der Waals surface area contributed by atoms with E-state index in [4.69, 9.17) is 0 Å². The molecule has 0 aromatic heterocycles. The summed E-state index contributed by atoms with van der Waals surface area (Å²) in [6, 6.07) is 0. The average Bonchev–Trinajstić information content (AvgIpc) is 2.67. The van der Waals surface area contributed by atoms with Crippen molar-refractivity contribution in [2.45, 2.75) is 38.2 Å². The van der Waals surface area contributed by atoms with Crippen molar-refractivity contribution in [2.24, 2.45) is 11.8 Å². The van der Waals surface area contributed by atoms with E-state index < -0.39 is 18.0 Å². The van der Waals surface area contributed by atoms with Crippen molar-refractivity contribution in [2.75, 3.05) is 0 Å². The number of alkyl halides is 2. The first-order valence-corrected chi connectivity index (χ1v) is 5.02. The highest BCUT2D eigenvalue weighted by atomic mass is 19.3. The van der Waals surface area contributed by atoms with Crippen LogP contribution in [0.2, 0.25) is 0 Å². The van der Waals surface area contributed by atoms with Crippen LogP contribution in [0.4, 0.5) is 8.78 Å². The van der Waals surface area contributed by atoms with Gasteiger partial charge >= 0.3 is 11.9 Å². The molecule has 0 spiro atoms. The standard InChI is InChI=1S/C10H12F2O3/c1-10(11,12)9(14)15-8-6-3-2-5(4-6)7(8)13/h5-6,8H,2-4H2,1H3. The SMILES string of the molecule is CC(F)(F)C(=O)OC1C(=O)C2CCC1C2. The Morgan fingerprint density at radius 2 is 2.13 bits per heavy atom. The number of fused-ring (bicyclic) bond motifs is 2. The van der Waals surface area contributed by atoms with Crippen molar-refractivity contribution in [3.05, 3.63) is 0 Å². The molecule has 0 aromatic rings. The third-order valence-electron chi connectivity index (χ3n) is 3.18. The maximum Gasteiger partial charge on any atom is 0.377 e. The van der Waals surface area contributed by atoms with E-state index in [1.165, 1.54) is 0 Å². The van der Waals surface area contributed by atoms with Gasteiger partial charge in [-0.2, -0.15) is 8.78 Å². The van der Waals surface area contributed by atoms with Crippen molar-refractivity contribution in [1.82, 2.24) is 0 Å². The highest BCUT2D eigenvalue weighted by Gasteiger charge is 2.50. The zero-order valence-electron chi connectivity index (χ0n) is 8.33. The lowest BCUT2D eigenvalue weighted by atomic mass is 9.96. The zero-order valence-corrected chi connectivity index (χ0v) is 8.33. The van der Waals surface area contributed by atoms with Crippen LogP contribution in [0, 0.1) is 11.8 Å². The lowest BCUT2D eigenvalue weighted by molar-refractivity contribution is -0.179. The predicted molar refractivity (Wildman–Crippen MR) is 46.3 cm³/mol. The predicted octanol–water partition coefficient (Wildman–Crippen LogP) is 1.55. The van der Waals surface area contributed by atoms with Gasteiger partial charge in [0, 0.05) is 18.8 Å². The molecule has 0 N–H and O–H groups in total. The average molecular weight is 218 g/mol. The second-order valence-electron chi connectivity index (χ2n) is 4.39. The van der Waals surface area contributed by atoms with Gasteiger partial charge in [0.05, 0.1) is 0 Å². The molecule has 15 heavy (non-hydrogen) atoms. The number of esters is 1. The maximum atomic E-state index is 12.6. The van der Waals surface area contributed by atoms with Gasteiger partial charge in [0.1, 0.15) is 0 Å². The number of Topliss-reactive ketones (excluding diaryl/α,β-unsaturated/α-hetero) is 1. The Morgan fingerprint density at radius 3 is 2.60 bits per heavy atom. The molecule has 2 aliphatic rings. The molecule has 5 heteroatoms. The topological polar surface area (TPSA) is 43.4 Å². The minimum atomic E-state index is -3.51. The summed E-state index contributed by atoms with van der Waals surface area (Å²) in [4.78, 5) is 22.4. The molecule has 2 aliphatic carbocycles. The molecule has 2 bridgehead atoms. The van der Waals surface area contributed by atoms with Crippen LogP contribution in [0.3, 0.4) is 0 Å². The molecule has 3 unspecified atom stereocenters. The molecule has 2 rings (SSSR count). The number of hydrogen-bond donors (Lipinski definition) is 0. The fourth-order valence-electron chi connectivity index (χ4n) is 2.39. The minimum Gasteiger partial charge on any atom is -0.450 e. The van der Waals surface area contributed by atoms with Crippen molar-refractivity contribution < 1.29 is 23.1 Å². The van der Waals surface area contributed by atoms with E-state index in [2.05, 4.69) is 4.74 Å². The Bertz CT molecular complexity index is 308. The molecule has 0 aliphatic heterocycles. The van der Waals surface area contributed by atoms with Gasteiger partial charge in [-0.15, -0.1) is 0 Å². The molecule has 0 amide bonds. The van der Waals surface area contributed by atoms with E-state index in [0.29, 0.717) is 13.3 Å². The number of ether oxygens (including phenoxy) is 1. The van der Waals surface area contributed by atoms with Crippen LogP contribution in [0.1, 0.15) is 26.2 Å². The molecule has 0 saturated heterocycles.